The molecular weight excluding hydrogens is 258 g/mol. The summed E-state index contributed by atoms with van der Waals surface area (Å²) in [4.78, 5) is 0. The van der Waals surface area contributed by atoms with E-state index in [1.54, 1.807) is 0 Å². The van der Waals surface area contributed by atoms with Crippen LogP contribution in [0.25, 0.3) is 0 Å². The Bertz CT molecular complexity index is 554. The van der Waals surface area contributed by atoms with Crippen molar-refractivity contribution in [3.8, 4) is 5.75 Å². The number of ether oxygens (including phenoxy) is 1. The molecule has 0 heterocycles. The summed E-state index contributed by atoms with van der Waals surface area (Å²) in [5.41, 5.74) is 3.30. The third kappa shape index (κ3) is 3.90. The molecular formula is C16H18ClNO. The van der Waals surface area contributed by atoms with Gasteiger partial charge in [-0.1, -0.05) is 35.9 Å². The molecule has 1 N–H and O–H groups in total. The molecule has 2 rings (SSSR count). The molecule has 0 bridgehead atoms. The minimum Gasteiger partial charge on any atom is -0.491 e. The van der Waals surface area contributed by atoms with E-state index < -0.39 is 0 Å². The average molecular weight is 276 g/mol. The Balaban J connectivity index is 1.84. The van der Waals surface area contributed by atoms with Crippen LogP contribution in [0.1, 0.15) is 11.1 Å². The van der Waals surface area contributed by atoms with E-state index in [0.717, 1.165) is 28.6 Å². The van der Waals surface area contributed by atoms with Crippen molar-refractivity contribution < 1.29 is 4.74 Å². The van der Waals surface area contributed by atoms with Crippen LogP contribution < -0.4 is 10.1 Å². The number of hydrogen-bond acceptors (Lipinski definition) is 2. The Morgan fingerprint density at radius 2 is 1.89 bits per heavy atom. The minimum atomic E-state index is 0.607. The summed E-state index contributed by atoms with van der Waals surface area (Å²) in [6.45, 7) is 5.44. The van der Waals surface area contributed by atoms with Gasteiger partial charge in [-0.2, -0.15) is 0 Å². The van der Waals surface area contributed by atoms with Gasteiger partial charge in [-0.15, -0.1) is 0 Å². The Kier molecular flexibility index (Phi) is 4.69. The Morgan fingerprint density at radius 3 is 2.68 bits per heavy atom. The molecule has 2 aromatic rings. The van der Waals surface area contributed by atoms with Gasteiger partial charge in [0.2, 0.25) is 0 Å². The van der Waals surface area contributed by atoms with Gasteiger partial charge in [-0.05, 0) is 43.2 Å². The van der Waals surface area contributed by atoms with Crippen molar-refractivity contribution in [3.05, 3.63) is 58.6 Å². The summed E-state index contributed by atoms with van der Waals surface area (Å²) >= 11 is 6.06. The third-order valence-corrected chi connectivity index (χ3v) is 3.22. The second kappa shape index (κ2) is 6.48. The number of halogens is 1. The smallest absolute Gasteiger partial charge is 0.122 e. The molecule has 0 aliphatic rings. The van der Waals surface area contributed by atoms with Crippen molar-refractivity contribution >= 4 is 17.3 Å². The Morgan fingerprint density at radius 1 is 1.11 bits per heavy atom. The molecule has 0 saturated heterocycles. The van der Waals surface area contributed by atoms with Gasteiger partial charge in [-0.3, -0.25) is 0 Å². The highest BCUT2D eigenvalue weighted by molar-refractivity contribution is 6.33. The number of rotatable bonds is 5. The van der Waals surface area contributed by atoms with Gasteiger partial charge in [-0.25, -0.2) is 0 Å². The lowest BCUT2D eigenvalue weighted by Gasteiger charge is -2.12. The number of para-hydroxylation sites is 1. The molecule has 0 fully saturated rings. The van der Waals surface area contributed by atoms with Crippen molar-refractivity contribution in [2.24, 2.45) is 0 Å². The number of aryl methyl sites for hydroxylation is 2. The first kappa shape index (κ1) is 13.8. The van der Waals surface area contributed by atoms with Crippen molar-refractivity contribution in [2.75, 3.05) is 18.5 Å². The van der Waals surface area contributed by atoms with E-state index in [1.165, 1.54) is 5.56 Å². The van der Waals surface area contributed by atoms with Crippen molar-refractivity contribution in [3.63, 3.8) is 0 Å². The number of hydrogen-bond donors (Lipinski definition) is 1. The largest absolute Gasteiger partial charge is 0.491 e. The summed E-state index contributed by atoms with van der Waals surface area (Å²) in [6.07, 6.45) is 0. The first-order valence-electron chi connectivity index (χ1n) is 6.35. The van der Waals surface area contributed by atoms with Gasteiger partial charge in [0.25, 0.3) is 0 Å². The first-order chi connectivity index (χ1) is 9.16. The standard InChI is InChI=1S/C16H18ClNO/c1-12-7-8-13(2)16(11-12)19-10-9-18-15-6-4-3-5-14(15)17/h3-8,11,18H,9-10H2,1-2H3. The monoisotopic (exact) mass is 275 g/mol. The van der Waals surface area contributed by atoms with Gasteiger partial charge in [0.05, 0.1) is 10.7 Å². The molecule has 100 valence electrons. The van der Waals surface area contributed by atoms with E-state index in [4.69, 9.17) is 16.3 Å². The Hall–Kier alpha value is -1.67. The molecule has 0 aromatic heterocycles. The maximum Gasteiger partial charge on any atom is 0.122 e. The second-order valence-corrected chi connectivity index (χ2v) is 4.93. The van der Waals surface area contributed by atoms with Gasteiger partial charge in [0, 0.05) is 6.54 Å². The number of nitrogens with one attached hydrogen (secondary N) is 1. The summed E-state index contributed by atoms with van der Waals surface area (Å²) in [5, 5.41) is 3.99. The minimum absolute atomic E-state index is 0.607. The number of benzene rings is 2. The summed E-state index contributed by atoms with van der Waals surface area (Å²) in [7, 11) is 0. The molecule has 0 unspecified atom stereocenters. The molecule has 0 aliphatic heterocycles. The topological polar surface area (TPSA) is 21.3 Å². The molecule has 19 heavy (non-hydrogen) atoms. The average Bonchev–Trinajstić information content (AvgIpc) is 2.40. The van der Waals surface area contributed by atoms with E-state index in [9.17, 15) is 0 Å². The maximum absolute atomic E-state index is 6.06. The lowest BCUT2D eigenvalue weighted by molar-refractivity contribution is 0.330. The fourth-order valence-electron chi connectivity index (χ4n) is 1.81. The quantitative estimate of drug-likeness (QED) is 0.814. The predicted molar refractivity (Wildman–Crippen MR) is 81.4 cm³/mol. The molecule has 0 spiro atoms. The van der Waals surface area contributed by atoms with Crippen LogP contribution in [0.3, 0.4) is 0 Å². The van der Waals surface area contributed by atoms with E-state index in [1.807, 2.05) is 24.3 Å². The third-order valence-electron chi connectivity index (χ3n) is 2.89. The van der Waals surface area contributed by atoms with Crippen LogP contribution in [0.4, 0.5) is 5.69 Å². The number of anilines is 1. The van der Waals surface area contributed by atoms with E-state index in [0.29, 0.717) is 6.61 Å². The molecule has 0 amide bonds. The zero-order valence-corrected chi connectivity index (χ0v) is 12.0. The van der Waals surface area contributed by atoms with E-state index in [-0.39, 0.29) is 0 Å². The van der Waals surface area contributed by atoms with Gasteiger partial charge in [0.1, 0.15) is 12.4 Å². The molecule has 2 nitrogen and oxygen atoms in total. The maximum atomic E-state index is 6.06. The van der Waals surface area contributed by atoms with Crippen LogP contribution in [0.5, 0.6) is 5.75 Å². The molecule has 0 atom stereocenters. The summed E-state index contributed by atoms with van der Waals surface area (Å²) in [5.74, 6) is 0.945. The van der Waals surface area contributed by atoms with Crippen molar-refractivity contribution in [1.82, 2.24) is 0 Å². The highest BCUT2D eigenvalue weighted by Crippen LogP contribution is 2.21. The van der Waals surface area contributed by atoms with Crippen LogP contribution >= 0.6 is 11.6 Å². The van der Waals surface area contributed by atoms with Crippen molar-refractivity contribution in [1.29, 1.82) is 0 Å². The highest BCUT2D eigenvalue weighted by Gasteiger charge is 2.00. The zero-order valence-electron chi connectivity index (χ0n) is 11.2. The second-order valence-electron chi connectivity index (χ2n) is 4.52. The lowest BCUT2D eigenvalue weighted by Crippen LogP contribution is -2.12. The Labute approximate surface area is 119 Å². The molecule has 0 saturated carbocycles. The molecule has 3 heteroatoms. The molecule has 0 radical (unpaired) electrons. The zero-order chi connectivity index (χ0) is 13.7. The van der Waals surface area contributed by atoms with Crippen LogP contribution in [-0.2, 0) is 0 Å². The predicted octanol–water partition coefficient (Wildman–Crippen LogP) is 4.45. The van der Waals surface area contributed by atoms with Crippen LogP contribution in [0, 0.1) is 13.8 Å². The van der Waals surface area contributed by atoms with E-state index >= 15 is 0 Å². The fourth-order valence-corrected chi connectivity index (χ4v) is 2.02. The fraction of sp³-hybridized carbons (Fsp3) is 0.250. The van der Waals surface area contributed by atoms with Crippen LogP contribution in [0.15, 0.2) is 42.5 Å². The lowest BCUT2D eigenvalue weighted by atomic mass is 10.1. The van der Waals surface area contributed by atoms with Crippen LogP contribution in [-0.4, -0.2) is 13.2 Å². The van der Waals surface area contributed by atoms with E-state index in [2.05, 4.69) is 37.4 Å². The molecule has 2 aromatic carbocycles. The van der Waals surface area contributed by atoms with Crippen molar-refractivity contribution in [2.45, 2.75) is 13.8 Å². The molecule has 0 aliphatic carbocycles. The SMILES string of the molecule is Cc1ccc(C)c(OCCNc2ccccc2Cl)c1. The highest BCUT2D eigenvalue weighted by atomic mass is 35.5. The van der Waals surface area contributed by atoms with Gasteiger partial charge >= 0.3 is 0 Å². The van der Waals surface area contributed by atoms with Gasteiger partial charge < -0.3 is 10.1 Å². The normalized spacial score (nSPS) is 10.3. The van der Waals surface area contributed by atoms with Gasteiger partial charge in [0.15, 0.2) is 0 Å². The van der Waals surface area contributed by atoms with Crippen LogP contribution in [0.2, 0.25) is 5.02 Å². The summed E-state index contributed by atoms with van der Waals surface area (Å²) in [6, 6.07) is 13.9. The summed E-state index contributed by atoms with van der Waals surface area (Å²) < 4.78 is 5.77. The first-order valence-corrected chi connectivity index (χ1v) is 6.73.